The lowest BCUT2D eigenvalue weighted by Gasteiger charge is -2.20. The average molecular weight is 343 g/mol. The van der Waals surface area contributed by atoms with Gasteiger partial charge in [0.25, 0.3) is 11.6 Å². The number of aliphatic carboxylic acids is 1. The molecule has 1 amide bonds. The number of carbonyl (C=O) groups is 2. The van der Waals surface area contributed by atoms with Crippen LogP contribution in [0.1, 0.15) is 28.4 Å². The maximum atomic E-state index is 12.4. The second kappa shape index (κ2) is 7.91. The Morgan fingerprint density at radius 2 is 1.80 bits per heavy atom. The van der Waals surface area contributed by atoms with E-state index in [1.807, 2.05) is 0 Å². The second-order valence-electron chi connectivity index (χ2n) is 5.15. The molecule has 0 radical (unpaired) electrons. The van der Waals surface area contributed by atoms with Crippen molar-refractivity contribution in [2.75, 3.05) is 7.11 Å². The summed E-state index contributed by atoms with van der Waals surface area (Å²) in [4.78, 5) is 33.8. The smallest absolute Gasteiger partial charge is 0.282 e. The second-order valence-corrected chi connectivity index (χ2v) is 5.15. The van der Waals surface area contributed by atoms with E-state index in [0.29, 0.717) is 11.3 Å². The number of nitro groups is 1. The minimum atomic E-state index is -1.36. The van der Waals surface area contributed by atoms with Crippen molar-refractivity contribution in [3.05, 3.63) is 69.8 Å². The highest BCUT2D eigenvalue weighted by atomic mass is 16.6. The number of nitro benzene ring substituents is 1. The van der Waals surface area contributed by atoms with E-state index < -0.39 is 29.3 Å². The summed E-state index contributed by atoms with van der Waals surface area (Å²) >= 11 is 0. The Balaban J connectivity index is 2.29. The van der Waals surface area contributed by atoms with E-state index in [9.17, 15) is 24.8 Å². The predicted molar refractivity (Wildman–Crippen MR) is 85.9 cm³/mol. The number of hydrogen-bond acceptors (Lipinski definition) is 6. The molecule has 0 aliphatic rings. The van der Waals surface area contributed by atoms with Crippen LogP contribution in [0.5, 0.6) is 5.75 Å². The third-order valence-corrected chi connectivity index (χ3v) is 3.54. The van der Waals surface area contributed by atoms with Crippen molar-refractivity contribution in [2.45, 2.75) is 12.5 Å². The first-order chi connectivity index (χ1) is 11.9. The third kappa shape index (κ3) is 4.54. The van der Waals surface area contributed by atoms with Gasteiger partial charge in [-0.25, -0.2) is 0 Å². The highest BCUT2D eigenvalue weighted by Crippen LogP contribution is 2.23. The van der Waals surface area contributed by atoms with Crippen LogP contribution in [0.25, 0.3) is 0 Å². The molecule has 25 heavy (non-hydrogen) atoms. The zero-order chi connectivity index (χ0) is 18.4. The molecule has 130 valence electrons. The van der Waals surface area contributed by atoms with Gasteiger partial charge in [0.1, 0.15) is 11.3 Å². The van der Waals surface area contributed by atoms with Gasteiger partial charge in [0, 0.05) is 18.5 Å². The maximum Gasteiger partial charge on any atom is 0.282 e. The highest BCUT2D eigenvalue weighted by molar-refractivity contribution is 5.98. The van der Waals surface area contributed by atoms with Crippen LogP contribution in [0.2, 0.25) is 0 Å². The lowest BCUT2D eigenvalue weighted by Crippen LogP contribution is -2.34. The number of benzene rings is 2. The molecule has 2 rings (SSSR count). The number of carbonyl (C=O) groups excluding carboxylic acids is 2. The molecule has 8 nitrogen and oxygen atoms in total. The van der Waals surface area contributed by atoms with Gasteiger partial charge in [0.15, 0.2) is 0 Å². The number of ether oxygens (including phenoxy) is 1. The molecule has 0 aromatic heterocycles. The summed E-state index contributed by atoms with van der Waals surface area (Å²) in [5.74, 6) is -1.53. The normalized spacial score (nSPS) is 11.4. The first-order valence-corrected chi connectivity index (χ1v) is 7.30. The van der Waals surface area contributed by atoms with Gasteiger partial charge in [-0.1, -0.05) is 24.3 Å². The minimum Gasteiger partial charge on any atom is -0.550 e. The van der Waals surface area contributed by atoms with E-state index in [0.717, 1.165) is 0 Å². The van der Waals surface area contributed by atoms with E-state index in [1.54, 1.807) is 24.3 Å². The minimum absolute atomic E-state index is 0.149. The largest absolute Gasteiger partial charge is 0.550 e. The fourth-order valence-electron chi connectivity index (χ4n) is 2.32. The van der Waals surface area contributed by atoms with Crippen LogP contribution >= 0.6 is 0 Å². The van der Waals surface area contributed by atoms with Gasteiger partial charge in [-0.15, -0.1) is 0 Å². The first kappa shape index (κ1) is 17.9. The highest BCUT2D eigenvalue weighted by Gasteiger charge is 2.22. The summed E-state index contributed by atoms with van der Waals surface area (Å²) in [7, 11) is 1.49. The van der Waals surface area contributed by atoms with Crippen molar-refractivity contribution in [3.8, 4) is 5.75 Å². The molecule has 0 saturated heterocycles. The Kier molecular flexibility index (Phi) is 5.67. The van der Waals surface area contributed by atoms with Crippen LogP contribution in [0.15, 0.2) is 48.5 Å². The monoisotopic (exact) mass is 343 g/mol. The van der Waals surface area contributed by atoms with Crippen LogP contribution in [0.3, 0.4) is 0 Å². The summed E-state index contributed by atoms with van der Waals surface area (Å²) in [6, 6.07) is 11.0. The van der Waals surface area contributed by atoms with Crippen molar-refractivity contribution in [2.24, 2.45) is 0 Å². The number of carboxylic acid groups (broad SMARTS) is 1. The van der Waals surface area contributed by atoms with Gasteiger partial charge in [-0.3, -0.25) is 14.9 Å². The number of hydrogen-bond donors (Lipinski definition) is 1. The average Bonchev–Trinajstić information content (AvgIpc) is 2.60. The number of para-hydroxylation sites is 1. The Hall–Kier alpha value is -3.42. The van der Waals surface area contributed by atoms with Crippen LogP contribution in [-0.2, 0) is 4.79 Å². The number of amides is 1. The van der Waals surface area contributed by atoms with Gasteiger partial charge >= 0.3 is 0 Å². The van der Waals surface area contributed by atoms with Crippen molar-refractivity contribution >= 4 is 17.6 Å². The molecule has 0 bridgehead atoms. The number of carboxylic acids is 1. The summed E-state index contributed by atoms with van der Waals surface area (Å²) in [5.41, 5.74) is 0.00299. The Labute approximate surface area is 143 Å². The fraction of sp³-hybridized carbons (Fsp3) is 0.176. The number of rotatable bonds is 7. The van der Waals surface area contributed by atoms with Gasteiger partial charge < -0.3 is 20.0 Å². The van der Waals surface area contributed by atoms with Gasteiger partial charge in [0.05, 0.1) is 18.1 Å². The van der Waals surface area contributed by atoms with Crippen LogP contribution < -0.4 is 15.2 Å². The van der Waals surface area contributed by atoms with E-state index in [2.05, 4.69) is 5.32 Å². The Morgan fingerprint density at radius 1 is 1.16 bits per heavy atom. The molecule has 1 N–H and O–H groups in total. The van der Waals surface area contributed by atoms with Crippen molar-refractivity contribution in [3.63, 3.8) is 0 Å². The molecular weight excluding hydrogens is 328 g/mol. The van der Waals surface area contributed by atoms with Crippen molar-refractivity contribution in [1.82, 2.24) is 5.32 Å². The zero-order valence-electron chi connectivity index (χ0n) is 13.3. The lowest BCUT2D eigenvalue weighted by molar-refractivity contribution is -0.385. The molecule has 0 heterocycles. The molecule has 2 aromatic carbocycles. The quantitative estimate of drug-likeness (QED) is 0.596. The van der Waals surface area contributed by atoms with Crippen LogP contribution in [0.4, 0.5) is 5.69 Å². The molecule has 8 heteroatoms. The SMILES string of the molecule is COc1ccc([C@@H](CC(=O)[O-])NC(=O)c2ccccc2[N+](=O)[O-])cc1. The number of methoxy groups -OCH3 is 1. The summed E-state index contributed by atoms with van der Waals surface area (Å²) < 4.78 is 5.03. The predicted octanol–water partition coefficient (Wildman–Crippen LogP) is 1.21. The topological polar surface area (TPSA) is 122 Å². The van der Waals surface area contributed by atoms with Gasteiger partial charge in [-0.05, 0) is 23.8 Å². The summed E-state index contributed by atoms with van der Waals surface area (Å²) in [6.45, 7) is 0. The zero-order valence-corrected chi connectivity index (χ0v) is 13.3. The van der Waals surface area contributed by atoms with E-state index in [1.165, 1.54) is 31.4 Å². The molecule has 1 atom stereocenters. The number of nitrogens with one attached hydrogen (secondary N) is 1. The van der Waals surface area contributed by atoms with Crippen molar-refractivity contribution in [1.29, 1.82) is 0 Å². The van der Waals surface area contributed by atoms with E-state index in [4.69, 9.17) is 4.74 Å². The van der Waals surface area contributed by atoms with Crippen LogP contribution in [0, 0.1) is 10.1 Å². The summed E-state index contributed by atoms with van der Waals surface area (Å²) in [5, 5.41) is 24.6. The molecule has 0 spiro atoms. The third-order valence-electron chi connectivity index (χ3n) is 3.54. The molecule has 0 unspecified atom stereocenters. The van der Waals surface area contributed by atoms with E-state index in [-0.39, 0.29) is 11.3 Å². The van der Waals surface area contributed by atoms with Crippen LogP contribution in [-0.4, -0.2) is 23.9 Å². The van der Waals surface area contributed by atoms with E-state index >= 15 is 0 Å². The molecule has 0 aliphatic carbocycles. The molecule has 0 saturated carbocycles. The molecule has 0 fully saturated rings. The lowest BCUT2D eigenvalue weighted by atomic mass is 10.0. The van der Waals surface area contributed by atoms with Gasteiger partial charge in [-0.2, -0.15) is 0 Å². The van der Waals surface area contributed by atoms with Crippen molar-refractivity contribution < 1.29 is 24.4 Å². The Morgan fingerprint density at radius 3 is 2.36 bits per heavy atom. The number of nitrogens with zero attached hydrogens (tertiary/aromatic N) is 1. The molecule has 2 aromatic rings. The molecular formula is C17H15N2O6-. The Bertz CT molecular complexity index is 788. The van der Waals surface area contributed by atoms with Gasteiger partial charge in [0.2, 0.25) is 0 Å². The summed E-state index contributed by atoms with van der Waals surface area (Å²) in [6.07, 6.45) is -0.474. The fourth-order valence-corrected chi connectivity index (χ4v) is 2.32. The first-order valence-electron chi connectivity index (χ1n) is 7.30. The maximum absolute atomic E-state index is 12.4. The standard InChI is InChI=1S/C17H16N2O6/c1-25-12-8-6-11(7-9-12)14(10-16(20)21)18-17(22)13-4-2-3-5-15(13)19(23)24/h2-9,14H,10H2,1H3,(H,18,22)(H,20,21)/p-1/t14-/m1/s1. The molecule has 0 aliphatic heterocycles.